The van der Waals surface area contributed by atoms with E-state index in [1.807, 2.05) is 6.92 Å². The molecule has 1 saturated carbocycles. The monoisotopic (exact) mass is 221 g/mol. The summed E-state index contributed by atoms with van der Waals surface area (Å²) in [5.74, 6) is 1.21. The van der Waals surface area contributed by atoms with Crippen LogP contribution in [0.15, 0.2) is 10.9 Å². The number of nitrogens with zero attached hydrogens (tertiary/aromatic N) is 1. The van der Waals surface area contributed by atoms with Crippen molar-refractivity contribution in [2.45, 2.75) is 51.0 Å². The summed E-state index contributed by atoms with van der Waals surface area (Å²) >= 11 is 0. The van der Waals surface area contributed by atoms with Gasteiger partial charge in [-0.25, -0.2) is 4.98 Å². The van der Waals surface area contributed by atoms with Crippen molar-refractivity contribution < 1.29 is 0 Å². The molecule has 0 saturated heterocycles. The number of H-pyrrole nitrogens is 1. The number of aromatic amines is 1. The largest absolute Gasteiger partial charge is 0.328 e. The van der Waals surface area contributed by atoms with E-state index in [1.165, 1.54) is 12.8 Å². The molecule has 0 amide bonds. The molecule has 4 heteroatoms. The highest BCUT2D eigenvalue weighted by atomic mass is 16.1. The molecule has 88 valence electrons. The number of nitrogens with one attached hydrogen (secondary N) is 1. The van der Waals surface area contributed by atoms with E-state index < -0.39 is 0 Å². The van der Waals surface area contributed by atoms with Gasteiger partial charge in [0.2, 0.25) is 0 Å². The van der Waals surface area contributed by atoms with Gasteiger partial charge < -0.3 is 10.7 Å². The zero-order valence-electron chi connectivity index (χ0n) is 9.70. The molecule has 1 atom stereocenters. The zero-order chi connectivity index (χ0) is 11.5. The van der Waals surface area contributed by atoms with E-state index in [2.05, 4.69) is 9.97 Å². The van der Waals surface area contributed by atoms with Crippen LogP contribution in [-0.2, 0) is 6.42 Å². The second-order valence-corrected chi connectivity index (χ2v) is 4.78. The van der Waals surface area contributed by atoms with Crippen molar-refractivity contribution in [3.8, 4) is 0 Å². The number of aromatic nitrogens is 2. The lowest BCUT2D eigenvalue weighted by atomic mass is 10.0. The smallest absolute Gasteiger partial charge is 0.251 e. The molecule has 0 spiro atoms. The third kappa shape index (κ3) is 2.70. The van der Waals surface area contributed by atoms with E-state index >= 15 is 0 Å². The Bertz CT molecular complexity index is 405. The normalized spacial score (nSPS) is 18.9. The van der Waals surface area contributed by atoms with Gasteiger partial charge in [-0.05, 0) is 19.8 Å². The topological polar surface area (TPSA) is 71.8 Å². The van der Waals surface area contributed by atoms with Gasteiger partial charge in [0.25, 0.3) is 5.56 Å². The third-order valence-corrected chi connectivity index (χ3v) is 3.10. The third-order valence-electron chi connectivity index (χ3n) is 3.10. The Morgan fingerprint density at radius 3 is 2.88 bits per heavy atom. The van der Waals surface area contributed by atoms with E-state index in [0.29, 0.717) is 12.3 Å². The summed E-state index contributed by atoms with van der Waals surface area (Å²) in [7, 11) is 0. The molecule has 3 N–H and O–H groups in total. The first-order valence-corrected chi connectivity index (χ1v) is 6.01. The Labute approximate surface area is 95.3 Å². The van der Waals surface area contributed by atoms with E-state index in [0.717, 1.165) is 24.4 Å². The maximum Gasteiger partial charge on any atom is 0.251 e. The Morgan fingerprint density at radius 2 is 2.25 bits per heavy atom. The molecule has 1 unspecified atom stereocenters. The molecule has 1 aliphatic rings. The molecule has 1 aliphatic carbocycles. The summed E-state index contributed by atoms with van der Waals surface area (Å²) < 4.78 is 0. The van der Waals surface area contributed by atoms with E-state index in [1.54, 1.807) is 6.07 Å². The van der Waals surface area contributed by atoms with Crippen molar-refractivity contribution in [3.63, 3.8) is 0 Å². The maximum atomic E-state index is 11.5. The quantitative estimate of drug-likeness (QED) is 0.808. The molecule has 4 nitrogen and oxygen atoms in total. The van der Waals surface area contributed by atoms with Crippen LogP contribution < -0.4 is 11.3 Å². The predicted octanol–water partition coefficient (Wildman–Crippen LogP) is 1.32. The Kier molecular flexibility index (Phi) is 3.39. The summed E-state index contributed by atoms with van der Waals surface area (Å²) in [6.45, 7) is 1.92. The summed E-state index contributed by atoms with van der Waals surface area (Å²) in [6, 6.07) is 1.67. The van der Waals surface area contributed by atoms with Gasteiger partial charge in [-0.15, -0.1) is 0 Å². The van der Waals surface area contributed by atoms with Crippen LogP contribution in [0.25, 0.3) is 0 Å². The van der Waals surface area contributed by atoms with Crippen LogP contribution in [0.3, 0.4) is 0 Å². The van der Waals surface area contributed by atoms with Crippen molar-refractivity contribution in [1.29, 1.82) is 0 Å². The second kappa shape index (κ2) is 4.78. The molecular weight excluding hydrogens is 202 g/mol. The average molecular weight is 221 g/mol. The van der Waals surface area contributed by atoms with Crippen molar-refractivity contribution >= 4 is 0 Å². The summed E-state index contributed by atoms with van der Waals surface area (Å²) in [6.07, 6.45) is 5.46. The summed E-state index contributed by atoms with van der Waals surface area (Å²) in [5, 5.41) is 0. The fourth-order valence-electron chi connectivity index (χ4n) is 2.36. The van der Waals surface area contributed by atoms with Crippen molar-refractivity contribution in [2.24, 2.45) is 5.73 Å². The highest BCUT2D eigenvalue weighted by Crippen LogP contribution is 2.32. The molecule has 0 aromatic carbocycles. The predicted molar refractivity (Wildman–Crippen MR) is 63.4 cm³/mol. The van der Waals surface area contributed by atoms with E-state index in [-0.39, 0.29) is 11.6 Å². The van der Waals surface area contributed by atoms with Crippen LogP contribution in [0, 0.1) is 0 Å². The molecule has 0 aliphatic heterocycles. The van der Waals surface area contributed by atoms with Crippen LogP contribution in [0.2, 0.25) is 0 Å². The van der Waals surface area contributed by atoms with E-state index in [4.69, 9.17) is 5.73 Å². The van der Waals surface area contributed by atoms with Gasteiger partial charge in [-0.3, -0.25) is 4.79 Å². The zero-order valence-corrected chi connectivity index (χ0v) is 9.70. The molecule has 16 heavy (non-hydrogen) atoms. The molecule has 0 radical (unpaired) electrons. The number of hydrogen-bond donors (Lipinski definition) is 2. The van der Waals surface area contributed by atoms with Gasteiger partial charge in [-0.2, -0.15) is 0 Å². The minimum Gasteiger partial charge on any atom is -0.328 e. The van der Waals surface area contributed by atoms with Crippen molar-refractivity contribution in [1.82, 2.24) is 9.97 Å². The summed E-state index contributed by atoms with van der Waals surface area (Å²) in [5.41, 5.74) is 6.62. The minimum absolute atomic E-state index is 0.0296. The van der Waals surface area contributed by atoms with Crippen molar-refractivity contribution in [3.05, 3.63) is 27.9 Å². The standard InChI is InChI=1S/C12H19N3O/c1-8(13)6-11-14-10(7-12(16)15-11)9-4-2-3-5-9/h7-9H,2-6,13H2,1H3,(H,14,15,16). The first kappa shape index (κ1) is 11.3. The number of rotatable bonds is 3. The van der Waals surface area contributed by atoms with Gasteiger partial charge in [0, 0.05) is 24.4 Å². The van der Waals surface area contributed by atoms with Crippen molar-refractivity contribution in [2.75, 3.05) is 0 Å². The van der Waals surface area contributed by atoms with Crippen LogP contribution in [0.1, 0.15) is 50.0 Å². The molecule has 1 heterocycles. The lowest BCUT2D eigenvalue weighted by Gasteiger charge is -2.10. The first-order valence-electron chi connectivity index (χ1n) is 6.01. The maximum absolute atomic E-state index is 11.5. The Hall–Kier alpha value is -1.16. The van der Waals surface area contributed by atoms with Gasteiger partial charge in [0.05, 0.1) is 5.69 Å². The minimum atomic E-state index is -0.0486. The highest BCUT2D eigenvalue weighted by molar-refractivity contribution is 5.10. The summed E-state index contributed by atoms with van der Waals surface area (Å²) in [4.78, 5) is 18.8. The van der Waals surface area contributed by atoms with E-state index in [9.17, 15) is 4.79 Å². The average Bonchev–Trinajstić information content (AvgIpc) is 2.67. The SMILES string of the molecule is CC(N)Cc1nc(C2CCCC2)cc(=O)[nH]1. The van der Waals surface area contributed by atoms with Crippen LogP contribution >= 0.6 is 0 Å². The van der Waals surface area contributed by atoms with Gasteiger partial charge in [0.1, 0.15) is 5.82 Å². The number of nitrogens with two attached hydrogens (primary N) is 1. The molecule has 2 rings (SSSR count). The molecule has 1 fully saturated rings. The van der Waals surface area contributed by atoms with Crippen LogP contribution in [0.4, 0.5) is 0 Å². The highest BCUT2D eigenvalue weighted by Gasteiger charge is 2.19. The van der Waals surface area contributed by atoms with Gasteiger partial charge in [0.15, 0.2) is 0 Å². The Balaban J connectivity index is 2.24. The molecule has 1 aromatic heterocycles. The number of hydrogen-bond acceptors (Lipinski definition) is 3. The molecule has 1 aromatic rings. The Morgan fingerprint density at radius 1 is 1.56 bits per heavy atom. The van der Waals surface area contributed by atoms with Crippen LogP contribution in [-0.4, -0.2) is 16.0 Å². The first-order chi connectivity index (χ1) is 7.65. The lowest BCUT2D eigenvalue weighted by molar-refractivity contribution is 0.654. The molecule has 0 bridgehead atoms. The van der Waals surface area contributed by atoms with Gasteiger partial charge in [-0.1, -0.05) is 12.8 Å². The van der Waals surface area contributed by atoms with Gasteiger partial charge >= 0.3 is 0 Å². The second-order valence-electron chi connectivity index (χ2n) is 4.78. The fraction of sp³-hybridized carbons (Fsp3) is 0.667. The fourth-order valence-corrected chi connectivity index (χ4v) is 2.36. The molecular formula is C12H19N3O. The lowest BCUT2D eigenvalue weighted by Crippen LogP contribution is -2.23. The van der Waals surface area contributed by atoms with Crippen LogP contribution in [0.5, 0.6) is 0 Å².